The van der Waals surface area contributed by atoms with Gasteiger partial charge in [0.25, 0.3) is 5.82 Å². The molecule has 0 spiro atoms. The van der Waals surface area contributed by atoms with Gasteiger partial charge >= 0.3 is 0 Å². The number of nitrogens with zero attached hydrogens (tertiary/aromatic N) is 2. The molecule has 0 aliphatic carbocycles. The number of rotatable bonds is 3. The van der Waals surface area contributed by atoms with Gasteiger partial charge in [-0.05, 0) is 41.7 Å². The average Bonchev–Trinajstić information content (AvgIpc) is 3.14. The zero-order valence-corrected chi connectivity index (χ0v) is 18.4. The van der Waals surface area contributed by atoms with Gasteiger partial charge in [-0.2, -0.15) is 9.13 Å². The summed E-state index contributed by atoms with van der Waals surface area (Å²) in [5, 5.41) is 0. The topological polar surface area (TPSA) is 8.81 Å². The number of benzene rings is 3. The van der Waals surface area contributed by atoms with Crippen molar-refractivity contribution in [2.24, 2.45) is 0 Å². The minimum atomic E-state index is 0. The largest absolute Gasteiger partial charge is 1.00 e. The van der Waals surface area contributed by atoms with Gasteiger partial charge in [0.1, 0.15) is 17.6 Å². The zero-order chi connectivity index (χ0) is 19.1. The second-order valence-corrected chi connectivity index (χ2v) is 7.88. The molecule has 3 aromatic carbocycles. The van der Waals surface area contributed by atoms with Crippen LogP contribution in [0.4, 0.5) is 0 Å². The van der Waals surface area contributed by atoms with Crippen molar-refractivity contribution in [2.75, 3.05) is 0 Å². The number of para-hydroxylation sites is 1. The molecule has 0 fully saturated rings. The highest BCUT2D eigenvalue weighted by molar-refractivity contribution is 5.62. The average molecular weight is 445 g/mol. The van der Waals surface area contributed by atoms with E-state index in [9.17, 15) is 0 Å². The molecule has 0 amide bonds. The number of fused-ring (bicyclic) bond motifs is 3. The van der Waals surface area contributed by atoms with Gasteiger partial charge in [0.2, 0.25) is 0 Å². The third kappa shape index (κ3) is 3.44. The molecule has 1 aliphatic heterocycles. The van der Waals surface area contributed by atoms with Crippen LogP contribution in [-0.2, 0) is 12.8 Å². The molecule has 4 aromatic rings. The van der Waals surface area contributed by atoms with Crippen molar-refractivity contribution >= 4 is 0 Å². The van der Waals surface area contributed by atoms with Gasteiger partial charge in [0.05, 0.1) is 6.42 Å². The van der Waals surface area contributed by atoms with Crippen LogP contribution in [-0.4, -0.2) is 4.57 Å². The van der Waals surface area contributed by atoms with Crippen LogP contribution in [0, 0.1) is 0 Å². The van der Waals surface area contributed by atoms with E-state index in [0.717, 1.165) is 12.8 Å². The van der Waals surface area contributed by atoms with Crippen LogP contribution in [0.1, 0.15) is 36.7 Å². The molecular weight excluding hydrogens is 420 g/mol. The molecule has 0 bridgehead atoms. The van der Waals surface area contributed by atoms with Crippen LogP contribution >= 0.6 is 0 Å². The lowest BCUT2D eigenvalue weighted by atomic mass is 10.0. The Kier molecular flexibility index (Phi) is 5.42. The van der Waals surface area contributed by atoms with E-state index in [2.05, 4.69) is 108 Å². The molecular formula is C26H25BrN2. The Hall–Kier alpha value is -2.65. The molecule has 0 unspecified atom stereocenters. The lowest BCUT2D eigenvalue weighted by Crippen LogP contribution is -3.00. The van der Waals surface area contributed by atoms with Crippen LogP contribution in [0.25, 0.3) is 22.6 Å². The first-order valence-electron chi connectivity index (χ1n) is 10.1. The summed E-state index contributed by atoms with van der Waals surface area (Å²) in [5.74, 6) is 1.89. The molecule has 1 aromatic heterocycles. The number of hydrogen-bond acceptors (Lipinski definition) is 0. The SMILES string of the molecule is CC(C)c1ccc(-n2c(-c3ccccc3)c[n+]3c2CCc2ccccc2-3)cc1.[Br-]. The third-order valence-electron chi connectivity index (χ3n) is 5.79. The van der Waals surface area contributed by atoms with Crippen LogP contribution < -0.4 is 21.5 Å². The Bertz CT molecular complexity index is 1130. The van der Waals surface area contributed by atoms with Gasteiger partial charge in [-0.3, -0.25) is 0 Å². The van der Waals surface area contributed by atoms with Crippen molar-refractivity contribution < 1.29 is 21.5 Å². The first-order valence-corrected chi connectivity index (χ1v) is 10.1. The van der Waals surface area contributed by atoms with Gasteiger partial charge in [-0.1, -0.05) is 74.5 Å². The molecule has 2 heterocycles. The summed E-state index contributed by atoms with van der Waals surface area (Å²) in [6.45, 7) is 4.49. The van der Waals surface area contributed by atoms with Crippen molar-refractivity contribution in [1.82, 2.24) is 4.57 Å². The standard InChI is InChI=1S/C26H25N2.BrH/c1-19(2)20-12-15-23(16-13-20)28-25(21-8-4-3-5-9-21)18-27-24-11-7-6-10-22(24)14-17-26(27)28;/h3-13,15-16,18-19H,14,17H2,1-2H3;1H/q+1;/p-1. The van der Waals surface area contributed by atoms with E-state index in [1.54, 1.807) is 0 Å². The van der Waals surface area contributed by atoms with Gasteiger partial charge in [0.15, 0.2) is 5.69 Å². The van der Waals surface area contributed by atoms with Crippen LogP contribution in [0.3, 0.4) is 0 Å². The molecule has 0 N–H and O–H groups in total. The highest BCUT2D eigenvalue weighted by atomic mass is 79.9. The summed E-state index contributed by atoms with van der Waals surface area (Å²) in [6.07, 6.45) is 4.42. The highest BCUT2D eigenvalue weighted by Crippen LogP contribution is 2.29. The van der Waals surface area contributed by atoms with Crippen LogP contribution in [0.2, 0.25) is 0 Å². The fourth-order valence-electron chi connectivity index (χ4n) is 4.25. The van der Waals surface area contributed by atoms with E-state index < -0.39 is 0 Å². The summed E-state index contributed by atoms with van der Waals surface area (Å²) in [6, 6.07) is 28.5. The Labute approximate surface area is 183 Å². The van der Waals surface area contributed by atoms with E-state index in [0.29, 0.717) is 5.92 Å². The number of imidazole rings is 1. The number of aryl methyl sites for hydroxylation is 1. The summed E-state index contributed by atoms with van der Waals surface area (Å²) >= 11 is 0. The predicted molar refractivity (Wildman–Crippen MR) is 114 cm³/mol. The zero-order valence-electron chi connectivity index (χ0n) is 16.8. The molecule has 29 heavy (non-hydrogen) atoms. The number of hydrogen-bond donors (Lipinski definition) is 0. The Morgan fingerprint density at radius 1 is 0.793 bits per heavy atom. The number of aromatic nitrogens is 2. The van der Waals surface area contributed by atoms with E-state index >= 15 is 0 Å². The van der Waals surface area contributed by atoms with Gasteiger partial charge < -0.3 is 17.0 Å². The molecule has 0 radical (unpaired) electrons. The van der Waals surface area contributed by atoms with Crippen molar-refractivity contribution in [3.05, 3.63) is 102 Å². The Balaban J connectivity index is 0.00000205. The summed E-state index contributed by atoms with van der Waals surface area (Å²) in [5.41, 5.74) is 7.82. The van der Waals surface area contributed by atoms with Gasteiger partial charge in [-0.15, -0.1) is 0 Å². The van der Waals surface area contributed by atoms with E-state index in [1.165, 1.54) is 39.6 Å². The maximum absolute atomic E-state index is 2.44. The van der Waals surface area contributed by atoms with Crippen molar-refractivity contribution in [3.63, 3.8) is 0 Å². The second-order valence-electron chi connectivity index (χ2n) is 7.88. The van der Waals surface area contributed by atoms with Crippen LogP contribution in [0.15, 0.2) is 85.1 Å². The monoisotopic (exact) mass is 444 g/mol. The molecule has 0 saturated carbocycles. The van der Waals surface area contributed by atoms with Crippen molar-refractivity contribution in [3.8, 4) is 22.6 Å². The molecule has 5 rings (SSSR count). The second kappa shape index (κ2) is 8.00. The summed E-state index contributed by atoms with van der Waals surface area (Å²) in [4.78, 5) is 0. The molecule has 2 nitrogen and oxygen atoms in total. The Morgan fingerprint density at radius 2 is 1.48 bits per heavy atom. The molecule has 0 saturated heterocycles. The highest BCUT2D eigenvalue weighted by Gasteiger charge is 2.31. The Morgan fingerprint density at radius 3 is 2.21 bits per heavy atom. The fourth-order valence-corrected chi connectivity index (χ4v) is 4.25. The lowest BCUT2D eigenvalue weighted by Gasteiger charge is -2.14. The first-order chi connectivity index (χ1) is 13.7. The molecule has 3 heteroatoms. The molecule has 0 atom stereocenters. The summed E-state index contributed by atoms with van der Waals surface area (Å²) < 4.78 is 4.83. The predicted octanol–water partition coefficient (Wildman–Crippen LogP) is 2.65. The van der Waals surface area contributed by atoms with Crippen molar-refractivity contribution in [2.45, 2.75) is 32.6 Å². The van der Waals surface area contributed by atoms with Crippen LogP contribution in [0.5, 0.6) is 0 Å². The minimum absolute atomic E-state index is 0. The number of halogens is 1. The smallest absolute Gasteiger partial charge is 0.267 e. The first kappa shape index (κ1) is 19.7. The van der Waals surface area contributed by atoms with Gasteiger partial charge in [-0.25, -0.2) is 0 Å². The molecule has 1 aliphatic rings. The normalized spacial score (nSPS) is 12.2. The quantitative estimate of drug-likeness (QED) is 0.429. The van der Waals surface area contributed by atoms with E-state index in [1.807, 2.05) is 0 Å². The van der Waals surface area contributed by atoms with Crippen molar-refractivity contribution in [1.29, 1.82) is 0 Å². The van der Waals surface area contributed by atoms with E-state index in [4.69, 9.17) is 0 Å². The molecule has 146 valence electrons. The van der Waals surface area contributed by atoms with E-state index in [-0.39, 0.29) is 17.0 Å². The maximum atomic E-state index is 2.44. The lowest BCUT2D eigenvalue weighted by molar-refractivity contribution is -0.606. The maximum Gasteiger partial charge on any atom is 0.267 e. The summed E-state index contributed by atoms with van der Waals surface area (Å²) in [7, 11) is 0. The minimum Gasteiger partial charge on any atom is -1.00 e. The van der Waals surface area contributed by atoms with Gasteiger partial charge in [0, 0.05) is 5.56 Å². The fraction of sp³-hybridized carbons (Fsp3) is 0.192. The third-order valence-corrected chi connectivity index (χ3v) is 5.79.